The molecule has 1 N–H and O–H groups in total. The average molecular weight is 447 g/mol. The second-order valence-corrected chi connectivity index (χ2v) is 7.27. The van der Waals surface area contributed by atoms with Gasteiger partial charge in [0.2, 0.25) is 5.88 Å². The molecule has 0 unspecified atom stereocenters. The second kappa shape index (κ2) is 10.3. The number of aromatic nitrogens is 1. The van der Waals surface area contributed by atoms with E-state index in [4.69, 9.17) is 21.1 Å². The van der Waals surface area contributed by atoms with Crippen LogP contribution in [0.15, 0.2) is 54.7 Å². The van der Waals surface area contributed by atoms with E-state index >= 15 is 0 Å². The first-order chi connectivity index (χ1) is 14.5. The molecule has 0 atom stereocenters. The SMILES string of the molecule is CCCOc1ncccc1-c1cc(C(=O)NSC)c(F)cc1Oc1ccc(Cl)cc1. The molecule has 0 saturated heterocycles. The molecule has 156 valence electrons. The van der Waals surface area contributed by atoms with Crippen LogP contribution < -0.4 is 14.2 Å². The minimum absolute atomic E-state index is 0.104. The molecule has 0 saturated carbocycles. The number of hydrogen-bond acceptors (Lipinski definition) is 5. The van der Waals surface area contributed by atoms with Crippen LogP contribution in [0.1, 0.15) is 23.7 Å². The fourth-order valence-electron chi connectivity index (χ4n) is 2.71. The number of hydrogen-bond donors (Lipinski definition) is 1. The molecule has 3 aromatic rings. The highest BCUT2D eigenvalue weighted by atomic mass is 35.5. The summed E-state index contributed by atoms with van der Waals surface area (Å²) in [6.07, 6.45) is 4.10. The summed E-state index contributed by atoms with van der Waals surface area (Å²) in [7, 11) is 0. The van der Waals surface area contributed by atoms with E-state index in [1.807, 2.05) is 6.92 Å². The summed E-state index contributed by atoms with van der Waals surface area (Å²) in [4.78, 5) is 16.6. The van der Waals surface area contributed by atoms with Crippen LogP contribution in [-0.2, 0) is 0 Å². The van der Waals surface area contributed by atoms with Gasteiger partial charge in [0.15, 0.2) is 0 Å². The zero-order valence-electron chi connectivity index (χ0n) is 16.4. The van der Waals surface area contributed by atoms with Crippen LogP contribution in [0.4, 0.5) is 4.39 Å². The Morgan fingerprint density at radius 1 is 1.20 bits per heavy atom. The van der Waals surface area contributed by atoms with Crippen molar-refractivity contribution in [1.82, 2.24) is 9.71 Å². The number of nitrogens with zero attached hydrogens (tertiary/aromatic N) is 1. The Labute approximate surface area is 183 Å². The summed E-state index contributed by atoms with van der Waals surface area (Å²) >= 11 is 7.03. The zero-order chi connectivity index (χ0) is 21.5. The lowest BCUT2D eigenvalue weighted by molar-refractivity contribution is 0.0980. The van der Waals surface area contributed by atoms with Crippen molar-refractivity contribution in [2.24, 2.45) is 0 Å². The molecule has 1 amide bonds. The molecular formula is C22H20ClFN2O3S. The number of nitrogens with one attached hydrogen (secondary N) is 1. The fraction of sp³-hybridized carbons (Fsp3) is 0.182. The van der Waals surface area contributed by atoms with Crippen LogP contribution in [-0.4, -0.2) is 23.8 Å². The van der Waals surface area contributed by atoms with Crippen molar-refractivity contribution >= 4 is 29.5 Å². The maximum absolute atomic E-state index is 14.8. The van der Waals surface area contributed by atoms with Crippen LogP contribution in [0.25, 0.3) is 11.1 Å². The second-order valence-electron chi connectivity index (χ2n) is 6.22. The van der Waals surface area contributed by atoms with Crippen LogP contribution in [0.2, 0.25) is 5.02 Å². The maximum Gasteiger partial charge on any atom is 0.264 e. The monoisotopic (exact) mass is 446 g/mol. The summed E-state index contributed by atoms with van der Waals surface area (Å²) in [6, 6.07) is 12.9. The molecule has 5 nitrogen and oxygen atoms in total. The van der Waals surface area contributed by atoms with Crippen molar-refractivity contribution in [2.45, 2.75) is 13.3 Å². The predicted molar refractivity (Wildman–Crippen MR) is 118 cm³/mol. The van der Waals surface area contributed by atoms with Crippen molar-refractivity contribution in [3.8, 4) is 28.5 Å². The molecule has 8 heteroatoms. The number of carbonyl (C=O) groups excluding carboxylic acids is 1. The summed E-state index contributed by atoms with van der Waals surface area (Å²) in [5.74, 6) is -0.164. The van der Waals surface area contributed by atoms with Gasteiger partial charge in [-0.3, -0.25) is 9.52 Å². The lowest BCUT2D eigenvalue weighted by Crippen LogP contribution is -2.17. The molecule has 0 radical (unpaired) electrons. The molecule has 1 aromatic heterocycles. The molecule has 30 heavy (non-hydrogen) atoms. The van der Waals surface area contributed by atoms with Crippen molar-refractivity contribution < 1.29 is 18.7 Å². The molecule has 0 bridgehead atoms. The molecule has 2 aromatic carbocycles. The summed E-state index contributed by atoms with van der Waals surface area (Å²) in [5.41, 5.74) is 0.970. The van der Waals surface area contributed by atoms with Gasteiger partial charge in [-0.25, -0.2) is 9.37 Å². The first kappa shape index (κ1) is 21.9. The Kier molecular flexibility index (Phi) is 7.54. The quantitative estimate of drug-likeness (QED) is 0.422. The Bertz CT molecular complexity index is 1030. The van der Waals surface area contributed by atoms with Gasteiger partial charge in [-0.1, -0.05) is 30.5 Å². The minimum Gasteiger partial charge on any atom is -0.477 e. The van der Waals surface area contributed by atoms with Gasteiger partial charge >= 0.3 is 0 Å². The molecular weight excluding hydrogens is 427 g/mol. The molecule has 0 aliphatic heterocycles. The Morgan fingerprint density at radius 3 is 2.67 bits per heavy atom. The van der Waals surface area contributed by atoms with Crippen molar-refractivity contribution in [3.63, 3.8) is 0 Å². The summed E-state index contributed by atoms with van der Waals surface area (Å²) in [6.45, 7) is 2.46. The van der Waals surface area contributed by atoms with E-state index in [9.17, 15) is 9.18 Å². The highest BCUT2D eigenvalue weighted by molar-refractivity contribution is 7.97. The number of pyridine rings is 1. The van der Waals surface area contributed by atoms with Crippen LogP contribution in [0.3, 0.4) is 0 Å². The molecule has 0 spiro atoms. The third-order valence-electron chi connectivity index (χ3n) is 4.05. The fourth-order valence-corrected chi connectivity index (χ4v) is 3.13. The van der Waals surface area contributed by atoms with Crippen molar-refractivity contribution in [2.75, 3.05) is 12.9 Å². The lowest BCUT2D eigenvalue weighted by Gasteiger charge is -2.16. The highest BCUT2D eigenvalue weighted by Crippen LogP contribution is 2.39. The Balaban J connectivity index is 2.13. The first-order valence-corrected chi connectivity index (χ1v) is 10.8. The number of benzene rings is 2. The van der Waals surface area contributed by atoms with E-state index in [0.717, 1.165) is 18.4 Å². The van der Waals surface area contributed by atoms with E-state index in [1.165, 1.54) is 12.1 Å². The maximum atomic E-state index is 14.8. The number of ether oxygens (including phenoxy) is 2. The Morgan fingerprint density at radius 2 is 1.97 bits per heavy atom. The van der Waals surface area contributed by atoms with Gasteiger partial charge in [-0.15, -0.1) is 0 Å². The summed E-state index contributed by atoms with van der Waals surface area (Å²) < 4.78 is 29.0. The van der Waals surface area contributed by atoms with E-state index in [2.05, 4.69) is 9.71 Å². The standard InChI is InChI=1S/C22H20ClFN2O3S/c1-3-11-28-22-16(5-4-10-25-22)17-12-18(21(27)26-30-2)19(24)13-20(17)29-15-8-6-14(23)7-9-15/h4-10,12-13H,3,11H2,1-2H3,(H,26,27). The van der Waals surface area contributed by atoms with Gasteiger partial charge in [0.05, 0.1) is 12.2 Å². The first-order valence-electron chi connectivity index (χ1n) is 9.22. The molecule has 0 fully saturated rings. The van der Waals surface area contributed by atoms with E-state index in [0.29, 0.717) is 34.4 Å². The lowest BCUT2D eigenvalue weighted by atomic mass is 10.0. The molecule has 1 heterocycles. The molecule has 3 rings (SSSR count). The van der Waals surface area contributed by atoms with E-state index in [1.54, 1.807) is 48.9 Å². The summed E-state index contributed by atoms with van der Waals surface area (Å²) in [5, 5.41) is 0.556. The van der Waals surface area contributed by atoms with Crippen LogP contribution in [0, 0.1) is 5.82 Å². The van der Waals surface area contributed by atoms with Crippen molar-refractivity contribution in [3.05, 3.63) is 71.1 Å². The van der Waals surface area contributed by atoms with Gasteiger partial charge in [0, 0.05) is 34.7 Å². The number of halogens is 2. The number of rotatable bonds is 8. The smallest absolute Gasteiger partial charge is 0.264 e. The Hall–Kier alpha value is -2.77. The van der Waals surface area contributed by atoms with E-state index in [-0.39, 0.29) is 11.3 Å². The zero-order valence-corrected chi connectivity index (χ0v) is 18.0. The van der Waals surface area contributed by atoms with Crippen LogP contribution in [0.5, 0.6) is 17.4 Å². The van der Waals surface area contributed by atoms with Gasteiger partial charge < -0.3 is 9.47 Å². The minimum atomic E-state index is -0.700. The largest absolute Gasteiger partial charge is 0.477 e. The topological polar surface area (TPSA) is 60.5 Å². The van der Waals surface area contributed by atoms with Crippen molar-refractivity contribution in [1.29, 1.82) is 0 Å². The van der Waals surface area contributed by atoms with Gasteiger partial charge in [0.1, 0.15) is 17.3 Å². The number of amides is 1. The van der Waals surface area contributed by atoms with E-state index < -0.39 is 11.7 Å². The highest BCUT2D eigenvalue weighted by Gasteiger charge is 2.21. The molecule has 0 aliphatic rings. The number of carbonyl (C=O) groups is 1. The van der Waals surface area contributed by atoms with Gasteiger partial charge in [-0.05, 0) is 48.9 Å². The third kappa shape index (κ3) is 5.23. The van der Waals surface area contributed by atoms with Gasteiger partial charge in [-0.2, -0.15) is 0 Å². The molecule has 0 aliphatic carbocycles. The predicted octanol–water partition coefficient (Wildman–Crippen LogP) is 6.13. The van der Waals surface area contributed by atoms with Crippen LogP contribution >= 0.6 is 23.5 Å². The third-order valence-corrected chi connectivity index (χ3v) is 4.70. The van der Waals surface area contributed by atoms with Gasteiger partial charge in [0.25, 0.3) is 5.91 Å². The normalized spacial score (nSPS) is 10.5. The average Bonchev–Trinajstić information content (AvgIpc) is 2.74.